The lowest BCUT2D eigenvalue weighted by Gasteiger charge is -2.23. The molecule has 1 heterocycles. The summed E-state index contributed by atoms with van der Waals surface area (Å²) < 4.78 is 0. The van der Waals surface area contributed by atoms with Crippen LogP contribution < -0.4 is 16.4 Å². The molecule has 0 unspecified atom stereocenters. The van der Waals surface area contributed by atoms with Crippen LogP contribution in [-0.4, -0.2) is 29.0 Å². The van der Waals surface area contributed by atoms with Crippen LogP contribution in [0.3, 0.4) is 0 Å². The number of benzene rings is 1. The van der Waals surface area contributed by atoms with E-state index in [0.717, 1.165) is 10.9 Å². The third kappa shape index (κ3) is 2.85. The van der Waals surface area contributed by atoms with E-state index in [1.165, 1.54) is 0 Å². The Balaban J connectivity index is 2.61. The lowest BCUT2D eigenvalue weighted by Crippen LogP contribution is -2.35. The molecule has 0 saturated heterocycles. The van der Waals surface area contributed by atoms with Gasteiger partial charge in [-0.1, -0.05) is 30.4 Å². The Bertz CT molecular complexity index is 671. The van der Waals surface area contributed by atoms with Crippen LogP contribution in [0.4, 0.5) is 5.82 Å². The standard InChI is InChI=1S/C14H16N4OS/c1-2-18(8-12(15)19)14-10(13(16)20)7-9-5-3-4-6-11(9)17-14/h3-7H,2,8H2,1H3,(H2,15,19)(H2,16,20). The van der Waals surface area contributed by atoms with Crippen molar-refractivity contribution in [3.05, 3.63) is 35.9 Å². The summed E-state index contributed by atoms with van der Waals surface area (Å²) in [5.41, 5.74) is 12.5. The second kappa shape index (κ2) is 5.83. The van der Waals surface area contributed by atoms with Crippen molar-refractivity contribution in [3.63, 3.8) is 0 Å². The maximum atomic E-state index is 11.2. The normalized spacial score (nSPS) is 10.4. The zero-order valence-corrected chi connectivity index (χ0v) is 12.0. The lowest BCUT2D eigenvalue weighted by molar-refractivity contribution is -0.116. The molecular weight excluding hydrogens is 272 g/mol. The van der Waals surface area contributed by atoms with Crippen LogP contribution in [0, 0.1) is 0 Å². The molecule has 0 radical (unpaired) electrons. The van der Waals surface area contributed by atoms with Crippen LogP contribution in [0.2, 0.25) is 0 Å². The van der Waals surface area contributed by atoms with Crippen molar-refractivity contribution in [2.24, 2.45) is 11.5 Å². The topological polar surface area (TPSA) is 85.2 Å². The average molecular weight is 288 g/mol. The molecule has 2 aromatic rings. The van der Waals surface area contributed by atoms with Crippen LogP contribution in [0.5, 0.6) is 0 Å². The second-order valence-electron chi connectivity index (χ2n) is 4.40. The molecule has 0 atom stereocenters. The Morgan fingerprint density at radius 1 is 1.35 bits per heavy atom. The number of rotatable bonds is 5. The number of carbonyl (C=O) groups excluding carboxylic acids is 1. The number of thiocarbonyl (C=S) groups is 1. The number of anilines is 1. The van der Waals surface area contributed by atoms with Crippen LogP contribution in [0.1, 0.15) is 12.5 Å². The number of aromatic nitrogens is 1. The quantitative estimate of drug-likeness (QED) is 0.807. The first kappa shape index (κ1) is 14.2. The number of carbonyl (C=O) groups is 1. The fraction of sp³-hybridized carbons (Fsp3) is 0.214. The summed E-state index contributed by atoms with van der Waals surface area (Å²) in [5.74, 6) is 0.174. The third-order valence-corrected chi connectivity index (χ3v) is 3.22. The van der Waals surface area contributed by atoms with E-state index in [-0.39, 0.29) is 11.5 Å². The first-order valence-corrected chi connectivity index (χ1v) is 6.66. The first-order valence-electron chi connectivity index (χ1n) is 6.25. The van der Waals surface area contributed by atoms with Gasteiger partial charge >= 0.3 is 0 Å². The molecule has 5 nitrogen and oxygen atoms in total. The third-order valence-electron chi connectivity index (χ3n) is 3.00. The average Bonchev–Trinajstić information content (AvgIpc) is 2.43. The Labute approximate surface area is 122 Å². The summed E-state index contributed by atoms with van der Waals surface area (Å²) in [5, 5.41) is 0.953. The minimum absolute atomic E-state index is 0.0808. The SMILES string of the molecule is CCN(CC(N)=O)c1nc2ccccc2cc1C(N)=S. The van der Waals surface area contributed by atoms with Crippen molar-refractivity contribution < 1.29 is 4.79 Å². The number of nitrogens with two attached hydrogens (primary N) is 2. The van der Waals surface area contributed by atoms with E-state index < -0.39 is 5.91 Å². The zero-order valence-electron chi connectivity index (χ0n) is 11.2. The molecule has 2 rings (SSSR count). The molecule has 0 fully saturated rings. The molecule has 0 aliphatic rings. The van der Waals surface area contributed by atoms with E-state index in [1.807, 2.05) is 37.3 Å². The fourth-order valence-corrected chi connectivity index (χ4v) is 2.20. The maximum Gasteiger partial charge on any atom is 0.236 e. The summed E-state index contributed by atoms with van der Waals surface area (Å²) in [7, 11) is 0. The van der Waals surface area contributed by atoms with Crippen LogP contribution in [-0.2, 0) is 4.79 Å². The van der Waals surface area contributed by atoms with Gasteiger partial charge in [0.25, 0.3) is 0 Å². The van der Waals surface area contributed by atoms with Gasteiger partial charge in [0, 0.05) is 11.9 Å². The van der Waals surface area contributed by atoms with Gasteiger partial charge in [-0.2, -0.15) is 0 Å². The molecule has 1 aromatic heterocycles. The highest BCUT2D eigenvalue weighted by molar-refractivity contribution is 7.80. The molecule has 1 amide bonds. The minimum Gasteiger partial charge on any atom is -0.389 e. The molecule has 4 N–H and O–H groups in total. The lowest BCUT2D eigenvalue weighted by atomic mass is 10.1. The summed E-state index contributed by atoms with van der Waals surface area (Å²) in [6.45, 7) is 2.59. The molecule has 0 aliphatic carbocycles. The smallest absolute Gasteiger partial charge is 0.236 e. The number of para-hydroxylation sites is 1. The van der Waals surface area contributed by atoms with E-state index in [4.69, 9.17) is 23.7 Å². The van der Waals surface area contributed by atoms with Gasteiger partial charge in [-0.3, -0.25) is 4.79 Å². The largest absolute Gasteiger partial charge is 0.389 e. The number of likely N-dealkylation sites (N-methyl/N-ethyl adjacent to an activating group) is 1. The Hall–Kier alpha value is -2.21. The Kier molecular flexibility index (Phi) is 4.14. The minimum atomic E-state index is -0.421. The van der Waals surface area contributed by atoms with Gasteiger partial charge in [-0.05, 0) is 19.1 Å². The molecule has 0 aliphatic heterocycles. The number of pyridine rings is 1. The number of amides is 1. The van der Waals surface area contributed by atoms with E-state index in [2.05, 4.69) is 4.98 Å². The monoisotopic (exact) mass is 288 g/mol. The number of hydrogen-bond donors (Lipinski definition) is 2. The van der Waals surface area contributed by atoms with Crippen molar-refractivity contribution in [1.82, 2.24) is 4.98 Å². The predicted molar refractivity (Wildman–Crippen MR) is 84.7 cm³/mol. The van der Waals surface area contributed by atoms with Gasteiger partial charge in [-0.15, -0.1) is 0 Å². The fourth-order valence-electron chi connectivity index (χ4n) is 2.05. The molecule has 0 spiro atoms. The van der Waals surface area contributed by atoms with Crippen molar-refractivity contribution in [2.75, 3.05) is 18.0 Å². The summed E-state index contributed by atoms with van der Waals surface area (Å²) in [6.07, 6.45) is 0. The molecule has 6 heteroatoms. The first-order chi connectivity index (χ1) is 9.52. The van der Waals surface area contributed by atoms with Crippen molar-refractivity contribution in [3.8, 4) is 0 Å². The highest BCUT2D eigenvalue weighted by atomic mass is 32.1. The number of nitrogens with zero attached hydrogens (tertiary/aromatic N) is 2. The molecule has 104 valence electrons. The molecule has 0 saturated carbocycles. The molecular formula is C14H16N4OS. The Morgan fingerprint density at radius 3 is 2.65 bits per heavy atom. The van der Waals surface area contributed by atoms with Crippen LogP contribution >= 0.6 is 12.2 Å². The number of fused-ring (bicyclic) bond motifs is 1. The van der Waals surface area contributed by atoms with E-state index in [1.54, 1.807) is 4.90 Å². The van der Waals surface area contributed by atoms with Gasteiger partial charge in [-0.25, -0.2) is 4.98 Å². The van der Waals surface area contributed by atoms with Crippen LogP contribution in [0.15, 0.2) is 30.3 Å². The van der Waals surface area contributed by atoms with Crippen molar-refractivity contribution in [1.29, 1.82) is 0 Å². The van der Waals surface area contributed by atoms with Gasteiger partial charge in [0.2, 0.25) is 5.91 Å². The summed E-state index contributed by atoms with van der Waals surface area (Å²) in [6, 6.07) is 9.57. The molecule has 0 bridgehead atoms. The maximum absolute atomic E-state index is 11.2. The van der Waals surface area contributed by atoms with E-state index >= 15 is 0 Å². The highest BCUT2D eigenvalue weighted by Crippen LogP contribution is 2.23. The molecule has 20 heavy (non-hydrogen) atoms. The molecule has 1 aromatic carbocycles. The van der Waals surface area contributed by atoms with Gasteiger partial charge in [0.1, 0.15) is 10.8 Å². The van der Waals surface area contributed by atoms with Gasteiger partial charge < -0.3 is 16.4 Å². The number of primary amides is 1. The predicted octanol–water partition coefficient (Wildman–Crippen LogP) is 1.18. The summed E-state index contributed by atoms with van der Waals surface area (Å²) in [4.78, 5) is 17.8. The Morgan fingerprint density at radius 2 is 2.05 bits per heavy atom. The second-order valence-corrected chi connectivity index (χ2v) is 4.84. The van der Waals surface area contributed by atoms with Crippen LogP contribution in [0.25, 0.3) is 10.9 Å². The summed E-state index contributed by atoms with van der Waals surface area (Å²) >= 11 is 5.09. The zero-order chi connectivity index (χ0) is 14.7. The van der Waals surface area contributed by atoms with Gasteiger partial charge in [0.15, 0.2) is 0 Å². The number of hydrogen-bond acceptors (Lipinski definition) is 4. The van der Waals surface area contributed by atoms with Gasteiger partial charge in [0.05, 0.1) is 17.6 Å². The van der Waals surface area contributed by atoms with E-state index in [9.17, 15) is 4.79 Å². The van der Waals surface area contributed by atoms with Crippen molar-refractivity contribution >= 4 is 39.8 Å². The van der Waals surface area contributed by atoms with Crippen molar-refractivity contribution in [2.45, 2.75) is 6.92 Å². The van der Waals surface area contributed by atoms with E-state index in [0.29, 0.717) is 17.9 Å². The highest BCUT2D eigenvalue weighted by Gasteiger charge is 2.16.